The van der Waals surface area contributed by atoms with Crippen LogP contribution in [0.5, 0.6) is 0 Å². The molecular weight excluding hydrogens is 303 g/mol. The summed E-state index contributed by atoms with van der Waals surface area (Å²) in [5.41, 5.74) is 0.655. The van der Waals surface area contributed by atoms with Gasteiger partial charge in [0.25, 0.3) is 0 Å². The van der Waals surface area contributed by atoms with E-state index in [1.54, 1.807) is 24.3 Å². The fourth-order valence-electron chi connectivity index (χ4n) is 1.94. The van der Waals surface area contributed by atoms with Crippen molar-refractivity contribution in [3.63, 3.8) is 0 Å². The third-order valence-electron chi connectivity index (χ3n) is 2.88. The molecule has 0 aliphatic heterocycles. The van der Waals surface area contributed by atoms with Gasteiger partial charge in [-0.1, -0.05) is 30.3 Å². The third-order valence-corrected chi connectivity index (χ3v) is 3.13. The molecule has 3 rings (SSSR count). The highest BCUT2D eigenvalue weighted by Crippen LogP contribution is 2.26. The van der Waals surface area contributed by atoms with Gasteiger partial charge in [-0.15, -0.1) is 10.2 Å². The average molecular weight is 310 g/mol. The Hall–Kier alpha value is -2.34. The van der Waals surface area contributed by atoms with Crippen LogP contribution in [0.1, 0.15) is 0 Å². The quantitative estimate of drug-likeness (QED) is 0.670. The van der Waals surface area contributed by atoms with E-state index in [9.17, 15) is 13.2 Å². The monoisotopic (exact) mass is 309 g/mol. The number of halogens is 4. The Morgan fingerprint density at radius 1 is 0.905 bits per heavy atom. The zero-order valence-electron chi connectivity index (χ0n) is 10.4. The molecule has 1 aromatic heterocycles. The molecule has 3 aromatic rings. The molecule has 0 saturated carbocycles. The summed E-state index contributed by atoms with van der Waals surface area (Å²) in [5, 5.41) is 7.49. The van der Waals surface area contributed by atoms with Gasteiger partial charge in [-0.25, -0.2) is 13.2 Å². The average Bonchev–Trinajstić information content (AvgIpc) is 2.87. The van der Waals surface area contributed by atoms with Crippen LogP contribution in [0, 0.1) is 17.5 Å². The second-order valence-electron chi connectivity index (χ2n) is 4.22. The van der Waals surface area contributed by atoms with Gasteiger partial charge in [0.05, 0.1) is 5.69 Å². The minimum Gasteiger partial charge on any atom is -0.266 e. The van der Waals surface area contributed by atoms with E-state index in [0.717, 1.165) is 12.1 Å². The van der Waals surface area contributed by atoms with Crippen LogP contribution in [-0.2, 0) is 0 Å². The lowest BCUT2D eigenvalue weighted by molar-refractivity contribution is 0.446. The van der Waals surface area contributed by atoms with E-state index >= 15 is 0 Å². The summed E-state index contributed by atoms with van der Waals surface area (Å²) < 4.78 is 41.1. The summed E-state index contributed by atoms with van der Waals surface area (Å²) in [7, 11) is 0. The van der Waals surface area contributed by atoms with Crippen molar-refractivity contribution in [3.05, 3.63) is 65.2 Å². The molecule has 0 amide bonds. The molecule has 0 radical (unpaired) electrons. The maximum absolute atomic E-state index is 13.4. The highest BCUT2D eigenvalue weighted by molar-refractivity contribution is 6.28. The van der Waals surface area contributed by atoms with Crippen LogP contribution in [0.15, 0.2) is 42.5 Å². The highest BCUT2D eigenvalue weighted by atomic mass is 35.5. The first kappa shape index (κ1) is 13.6. The van der Waals surface area contributed by atoms with Gasteiger partial charge in [-0.2, -0.15) is 0 Å². The van der Waals surface area contributed by atoms with Gasteiger partial charge < -0.3 is 0 Å². The van der Waals surface area contributed by atoms with Crippen molar-refractivity contribution in [2.24, 2.45) is 0 Å². The number of rotatable bonds is 2. The van der Waals surface area contributed by atoms with Crippen molar-refractivity contribution in [2.75, 3.05) is 0 Å². The van der Waals surface area contributed by atoms with Gasteiger partial charge in [0.1, 0.15) is 0 Å². The van der Waals surface area contributed by atoms with Gasteiger partial charge in [0.2, 0.25) is 5.28 Å². The molecule has 106 valence electrons. The Labute approximate surface area is 122 Å². The van der Waals surface area contributed by atoms with Crippen LogP contribution < -0.4 is 0 Å². The smallest absolute Gasteiger partial charge is 0.229 e. The van der Waals surface area contributed by atoms with Crippen LogP contribution in [0.4, 0.5) is 13.2 Å². The van der Waals surface area contributed by atoms with E-state index in [1.165, 1.54) is 4.57 Å². The minimum atomic E-state index is -1.54. The molecule has 21 heavy (non-hydrogen) atoms. The van der Waals surface area contributed by atoms with Crippen molar-refractivity contribution in [2.45, 2.75) is 0 Å². The van der Waals surface area contributed by atoms with E-state index in [1.807, 2.05) is 6.07 Å². The number of hydrogen-bond acceptors (Lipinski definition) is 2. The van der Waals surface area contributed by atoms with E-state index in [4.69, 9.17) is 11.6 Å². The SMILES string of the molecule is Fc1cc(-n2c(Cl)nnc2-c2ccccc2)cc(F)c1F. The topological polar surface area (TPSA) is 30.7 Å². The van der Waals surface area contributed by atoms with Crippen molar-refractivity contribution < 1.29 is 13.2 Å². The maximum atomic E-state index is 13.4. The number of hydrogen-bond donors (Lipinski definition) is 0. The molecule has 3 nitrogen and oxygen atoms in total. The summed E-state index contributed by atoms with van der Waals surface area (Å²) in [6, 6.07) is 10.5. The number of benzene rings is 2. The van der Waals surface area contributed by atoms with E-state index in [0.29, 0.717) is 11.4 Å². The predicted molar refractivity (Wildman–Crippen MR) is 71.7 cm³/mol. The van der Waals surface area contributed by atoms with Gasteiger partial charge in [0.15, 0.2) is 23.3 Å². The Morgan fingerprint density at radius 3 is 2.14 bits per heavy atom. The second-order valence-corrected chi connectivity index (χ2v) is 4.56. The molecule has 7 heteroatoms. The first-order valence-electron chi connectivity index (χ1n) is 5.89. The summed E-state index contributed by atoms with van der Waals surface area (Å²) >= 11 is 5.92. The van der Waals surface area contributed by atoms with E-state index in [2.05, 4.69) is 10.2 Å². The van der Waals surface area contributed by atoms with Crippen LogP contribution in [-0.4, -0.2) is 14.8 Å². The first-order valence-corrected chi connectivity index (χ1v) is 6.27. The van der Waals surface area contributed by atoms with Gasteiger partial charge in [-0.3, -0.25) is 4.57 Å². The fraction of sp³-hybridized carbons (Fsp3) is 0. The Kier molecular flexibility index (Phi) is 3.39. The lowest BCUT2D eigenvalue weighted by Crippen LogP contribution is -2.01. The highest BCUT2D eigenvalue weighted by Gasteiger charge is 2.18. The number of aromatic nitrogens is 3. The molecule has 0 atom stereocenters. The van der Waals surface area contributed by atoms with Crippen LogP contribution >= 0.6 is 11.6 Å². The summed E-state index contributed by atoms with van der Waals surface area (Å²) in [5.74, 6) is -3.86. The first-order chi connectivity index (χ1) is 10.1. The lowest BCUT2D eigenvalue weighted by Gasteiger charge is -2.08. The molecule has 2 aromatic carbocycles. The molecule has 1 heterocycles. The molecule has 0 fully saturated rings. The Morgan fingerprint density at radius 2 is 1.52 bits per heavy atom. The minimum absolute atomic E-state index is 0.000234. The van der Waals surface area contributed by atoms with Gasteiger partial charge in [0, 0.05) is 17.7 Å². The molecule has 0 aliphatic rings. The maximum Gasteiger partial charge on any atom is 0.229 e. The molecule has 0 unspecified atom stereocenters. The molecule has 0 bridgehead atoms. The van der Waals surface area contributed by atoms with E-state index < -0.39 is 17.5 Å². The number of nitrogens with zero attached hydrogens (tertiary/aromatic N) is 3. The Balaban J connectivity index is 2.22. The lowest BCUT2D eigenvalue weighted by atomic mass is 10.2. The van der Waals surface area contributed by atoms with Crippen molar-refractivity contribution in [3.8, 4) is 17.1 Å². The second kappa shape index (κ2) is 5.21. The normalized spacial score (nSPS) is 10.9. The zero-order valence-corrected chi connectivity index (χ0v) is 11.2. The standard InChI is InChI=1S/C14H7ClF3N3/c15-14-20-19-13(8-4-2-1-3-5-8)21(14)9-6-10(16)12(18)11(17)7-9/h1-7H. The van der Waals surface area contributed by atoms with E-state index in [-0.39, 0.29) is 11.0 Å². The van der Waals surface area contributed by atoms with Crippen molar-refractivity contribution >= 4 is 11.6 Å². The molecule has 0 N–H and O–H groups in total. The summed E-state index contributed by atoms with van der Waals surface area (Å²) in [6.07, 6.45) is 0. The largest absolute Gasteiger partial charge is 0.266 e. The van der Waals surface area contributed by atoms with Crippen LogP contribution in [0.25, 0.3) is 17.1 Å². The molecule has 0 saturated heterocycles. The summed E-state index contributed by atoms with van der Waals surface area (Å²) in [4.78, 5) is 0. The third kappa shape index (κ3) is 2.38. The van der Waals surface area contributed by atoms with Crippen molar-refractivity contribution in [1.29, 1.82) is 0 Å². The molecule has 0 spiro atoms. The summed E-state index contributed by atoms with van der Waals surface area (Å²) in [6.45, 7) is 0. The predicted octanol–water partition coefficient (Wildman–Crippen LogP) is 4.01. The van der Waals surface area contributed by atoms with Crippen LogP contribution in [0.2, 0.25) is 5.28 Å². The van der Waals surface area contributed by atoms with Crippen molar-refractivity contribution in [1.82, 2.24) is 14.8 Å². The zero-order chi connectivity index (χ0) is 15.0. The molecular formula is C14H7ClF3N3. The van der Waals surface area contributed by atoms with Crippen LogP contribution in [0.3, 0.4) is 0 Å². The fourth-order valence-corrected chi connectivity index (χ4v) is 2.16. The molecule has 0 aliphatic carbocycles. The van der Waals surface area contributed by atoms with Gasteiger partial charge in [-0.05, 0) is 11.6 Å². The van der Waals surface area contributed by atoms with Gasteiger partial charge >= 0.3 is 0 Å². The Bertz CT molecular complexity index is 779.